The first-order chi connectivity index (χ1) is 11.6. The second-order valence-electron chi connectivity index (χ2n) is 6.04. The molecule has 0 radical (unpaired) electrons. The SMILES string of the molecule is Cc1ccc(OCCNC(=O)NCCC(=O)N2CCCCC2)cc1. The van der Waals surface area contributed by atoms with Crippen LogP contribution in [0, 0.1) is 6.92 Å². The number of carbonyl (C=O) groups excluding carboxylic acids is 2. The maximum atomic E-state index is 12.0. The normalized spacial score (nSPS) is 14.1. The highest BCUT2D eigenvalue weighted by Crippen LogP contribution is 2.11. The Morgan fingerprint density at radius 1 is 1.04 bits per heavy atom. The smallest absolute Gasteiger partial charge is 0.314 e. The molecule has 1 aromatic rings. The Kier molecular flexibility index (Phi) is 7.39. The standard InChI is InChI=1S/C18H27N3O3/c1-15-5-7-16(8-6-15)24-14-11-20-18(23)19-10-9-17(22)21-12-3-2-4-13-21/h5-8H,2-4,9-14H2,1H3,(H2,19,20,23). The van der Waals surface area contributed by atoms with Gasteiger partial charge in [-0.15, -0.1) is 0 Å². The Labute approximate surface area is 143 Å². The minimum Gasteiger partial charge on any atom is -0.492 e. The fourth-order valence-corrected chi connectivity index (χ4v) is 2.61. The Balaban J connectivity index is 1.51. The Hall–Kier alpha value is -2.24. The van der Waals surface area contributed by atoms with Crippen LogP contribution in [0.15, 0.2) is 24.3 Å². The van der Waals surface area contributed by atoms with Crippen LogP contribution in [0.1, 0.15) is 31.2 Å². The number of nitrogens with zero attached hydrogens (tertiary/aromatic N) is 1. The van der Waals surface area contributed by atoms with Crippen molar-refractivity contribution in [3.63, 3.8) is 0 Å². The van der Waals surface area contributed by atoms with Gasteiger partial charge in [-0.05, 0) is 38.3 Å². The van der Waals surface area contributed by atoms with E-state index in [1.807, 2.05) is 36.1 Å². The van der Waals surface area contributed by atoms with Crippen molar-refractivity contribution in [1.29, 1.82) is 0 Å². The first kappa shape index (κ1) is 18.1. The molecular weight excluding hydrogens is 306 g/mol. The van der Waals surface area contributed by atoms with E-state index >= 15 is 0 Å². The number of nitrogens with one attached hydrogen (secondary N) is 2. The van der Waals surface area contributed by atoms with Gasteiger partial charge in [0.2, 0.25) is 5.91 Å². The van der Waals surface area contributed by atoms with Crippen LogP contribution in [-0.2, 0) is 4.79 Å². The van der Waals surface area contributed by atoms with Crippen molar-refractivity contribution in [3.05, 3.63) is 29.8 Å². The average molecular weight is 333 g/mol. The van der Waals surface area contributed by atoms with Crippen molar-refractivity contribution >= 4 is 11.9 Å². The zero-order valence-corrected chi connectivity index (χ0v) is 14.3. The lowest BCUT2D eigenvalue weighted by Gasteiger charge is -2.26. The highest BCUT2D eigenvalue weighted by Gasteiger charge is 2.15. The molecule has 0 unspecified atom stereocenters. The monoisotopic (exact) mass is 333 g/mol. The summed E-state index contributed by atoms with van der Waals surface area (Å²) in [4.78, 5) is 25.5. The van der Waals surface area contributed by atoms with Crippen LogP contribution in [0.4, 0.5) is 4.79 Å². The van der Waals surface area contributed by atoms with E-state index in [0.29, 0.717) is 26.1 Å². The van der Waals surface area contributed by atoms with Crippen LogP contribution in [0.2, 0.25) is 0 Å². The van der Waals surface area contributed by atoms with Crippen molar-refractivity contribution in [3.8, 4) is 5.75 Å². The van der Waals surface area contributed by atoms with E-state index in [0.717, 1.165) is 31.7 Å². The van der Waals surface area contributed by atoms with Gasteiger partial charge in [-0.2, -0.15) is 0 Å². The van der Waals surface area contributed by atoms with Gasteiger partial charge in [-0.1, -0.05) is 17.7 Å². The van der Waals surface area contributed by atoms with Gasteiger partial charge in [0.05, 0.1) is 6.54 Å². The summed E-state index contributed by atoms with van der Waals surface area (Å²) in [5.74, 6) is 0.910. The van der Waals surface area contributed by atoms with Crippen molar-refractivity contribution in [2.75, 3.05) is 32.8 Å². The van der Waals surface area contributed by atoms with Crippen molar-refractivity contribution < 1.29 is 14.3 Å². The molecule has 1 aliphatic rings. The van der Waals surface area contributed by atoms with Gasteiger partial charge in [-0.25, -0.2) is 4.79 Å². The Morgan fingerprint density at radius 2 is 1.71 bits per heavy atom. The van der Waals surface area contributed by atoms with E-state index in [4.69, 9.17) is 4.74 Å². The van der Waals surface area contributed by atoms with Crippen LogP contribution in [0.3, 0.4) is 0 Å². The number of benzene rings is 1. The van der Waals surface area contributed by atoms with E-state index < -0.39 is 0 Å². The van der Waals surface area contributed by atoms with E-state index in [1.54, 1.807) is 0 Å². The first-order valence-electron chi connectivity index (χ1n) is 8.64. The van der Waals surface area contributed by atoms with Gasteiger partial charge < -0.3 is 20.3 Å². The maximum absolute atomic E-state index is 12.0. The summed E-state index contributed by atoms with van der Waals surface area (Å²) in [6, 6.07) is 7.50. The zero-order valence-electron chi connectivity index (χ0n) is 14.3. The van der Waals surface area contributed by atoms with E-state index in [1.165, 1.54) is 12.0 Å². The molecule has 0 bridgehead atoms. The molecule has 0 saturated carbocycles. The summed E-state index contributed by atoms with van der Waals surface area (Å²) in [6.07, 6.45) is 3.73. The van der Waals surface area contributed by atoms with Crippen LogP contribution < -0.4 is 15.4 Å². The summed E-state index contributed by atoms with van der Waals surface area (Å²) in [5, 5.41) is 5.42. The molecule has 0 spiro atoms. The van der Waals surface area contributed by atoms with Crippen LogP contribution >= 0.6 is 0 Å². The van der Waals surface area contributed by atoms with Crippen molar-refractivity contribution in [1.82, 2.24) is 15.5 Å². The third kappa shape index (κ3) is 6.48. The van der Waals surface area contributed by atoms with Crippen LogP contribution in [0.25, 0.3) is 0 Å². The molecule has 1 saturated heterocycles. The number of rotatable bonds is 7. The van der Waals surface area contributed by atoms with Crippen LogP contribution in [0.5, 0.6) is 5.75 Å². The molecule has 6 heteroatoms. The number of hydrogen-bond donors (Lipinski definition) is 2. The minimum atomic E-state index is -0.269. The predicted octanol–water partition coefficient (Wildman–Crippen LogP) is 2.08. The molecule has 6 nitrogen and oxygen atoms in total. The topological polar surface area (TPSA) is 70.7 Å². The third-order valence-corrected chi connectivity index (χ3v) is 4.01. The Morgan fingerprint density at radius 3 is 2.42 bits per heavy atom. The van der Waals surface area contributed by atoms with Gasteiger partial charge >= 0.3 is 6.03 Å². The molecule has 0 aromatic heterocycles. The number of aryl methyl sites for hydroxylation is 1. The number of carbonyl (C=O) groups is 2. The van der Waals surface area contributed by atoms with E-state index in [9.17, 15) is 9.59 Å². The van der Waals surface area contributed by atoms with Gasteiger partial charge in [0, 0.05) is 26.1 Å². The van der Waals surface area contributed by atoms with Gasteiger partial charge in [0.1, 0.15) is 12.4 Å². The van der Waals surface area contributed by atoms with E-state index in [-0.39, 0.29) is 11.9 Å². The second-order valence-corrected chi connectivity index (χ2v) is 6.04. The molecule has 1 heterocycles. The third-order valence-electron chi connectivity index (χ3n) is 4.01. The quantitative estimate of drug-likeness (QED) is 0.751. The zero-order chi connectivity index (χ0) is 17.2. The molecule has 24 heavy (non-hydrogen) atoms. The summed E-state index contributed by atoms with van der Waals surface area (Å²) < 4.78 is 5.53. The highest BCUT2D eigenvalue weighted by molar-refractivity contribution is 5.78. The Bertz CT molecular complexity index is 525. The summed E-state index contributed by atoms with van der Waals surface area (Å²) in [5.41, 5.74) is 1.18. The molecule has 0 atom stereocenters. The minimum absolute atomic E-state index is 0.123. The predicted molar refractivity (Wildman–Crippen MR) is 93.1 cm³/mol. The molecule has 1 fully saturated rings. The molecule has 0 aliphatic carbocycles. The fourth-order valence-electron chi connectivity index (χ4n) is 2.61. The lowest BCUT2D eigenvalue weighted by molar-refractivity contribution is -0.131. The van der Waals surface area contributed by atoms with Gasteiger partial charge in [0.25, 0.3) is 0 Å². The summed E-state index contributed by atoms with van der Waals surface area (Å²) in [7, 11) is 0. The molecule has 3 amide bonds. The molecule has 132 valence electrons. The number of piperidine rings is 1. The average Bonchev–Trinajstić information content (AvgIpc) is 2.61. The fraction of sp³-hybridized carbons (Fsp3) is 0.556. The molecule has 2 rings (SSSR count). The summed E-state index contributed by atoms with van der Waals surface area (Å²) >= 11 is 0. The van der Waals surface area contributed by atoms with Gasteiger partial charge in [0.15, 0.2) is 0 Å². The lowest BCUT2D eigenvalue weighted by Crippen LogP contribution is -2.41. The largest absolute Gasteiger partial charge is 0.492 e. The number of ether oxygens (including phenoxy) is 1. The molecule has 2 N–H and O–H groups in total. The number of hydrogen-bond acceptors (Lipinski definition) is 3. The number of urea groups is 1. The molecule has 1 aliphatic heterocycles. The summed E-state index contributed by atoms with van der Waals surface area (Å²) in [6.45, 7) is 4.90. The molecular formula is C18H27N3O3. The number of amides is 3. The molecule has 1 aromatic carbocycles. The second kappa shape index (κ2) is 9.80. The van der Waals surface area contributed by atoms with E-state index in [2.05, 4.69) is 10.6 Å². The van der Waals surface area contributed by atoms with Gasteiger partial charge in [-0.3, -0.25) is 4.79 Å². The number of likely N-dealkylation sites (tertiary alicyclic amines) is 1. The lowest BCUT2D eigenvalue weighted by atomic mass is 10.1. The first-order valence-corrected chi connectivity index (χ1v) is 8.64. The van der Waals surface area contributed by atoms with Crippen molar-refractivity contribution in [2.24, 2.45) is 0 Å². The maximum Gasteiger partial charge on any atom is 0.314 e. The highest BCUT2D eigenvalue weighted by atomic mass is 16.5. The van der Waals surface area contributed by atoms with Crippen molar-refractivity contribution in [2.45, 2.75) is 32.6 Å². The van der Waals surface area contributed by atoms with Crippen LogP contribution in [-0.4, -0.2) is 49.6 Å².